The lowest BCUT2D eigenvalue weighted by molar-refractivity contribution is -0.318. The third kappa shape index (κ3) is 5.72. The molecule has 14 heteroatoms. The van der Waals surface area contributed by atoms with Crippen LogP contribution in [-0.2, 0) is 30.3 Å². The van der Waals surface area contributed by atoms with Gasteiger partial charge in [-0.25, -0.2) is 4.79 Å². The van der Waals surface area contributed by atoms with Gasteiger partial charge in [-0.2, -0.15) is 0 Å². The van der Waals surface area contributed by atoms with E-state index < -0.39 is 73.1 Å². The Morgan fingerprint density at radius 1 is 0.950 bits per heavy atom. The molecule has 40 heavy (non-hydrogen) atoms. The third-order valence-corrected chi connectivity index (χ3v) is 7.04. The fraction of sp³-hybridized carbons (Fsp3) is 0.500. The Hall–Kier alpha value is -3.05. The molecule has 2 aliphatic heterocycles. The molecule has 2 fully saturated rings. The Bertz CT molecular complexity index is 1410. The molecule has 2 saturated heterocycles. The first kappa shape index (κ1) is 28.5. The van der Waals surface area contributed by atoms with Crippen LogP contribution in [0.5, 0.6) is 0 Å². The van der Waals surface area contributed by atoms with Gasteiger partial charge in [0.05, 0.1) is 31.0 Å². The zero-order chi connectivity index (χ0) is 28.4. The first-order chi connectivity index (χ1) is 19.3. The SMILES string of the molecule is COC1C(OCC2OC(n3ccc(=O)[nH]c3=O)C(O)C2O)OC(CO)C(O)C1OCc1ccc2ccccc2n1. The standard InChI is InChI=1S/C26H31N3O11/c1-36-23-22(37-11-14-7-6-13-4-2-3-5-15(13)27-14)20(33)16(10-30)40-25(23)38-12-17-19(32)21(34)24(39-17)29-9-8-18(31)28-26(29)35/h2-9,16-17,19-25,30,32-34H,10-12H2,1H3,(H,28,31,35). The second kappa shape index (κ2) is 12.2. The molecule has 2 aliphatic rings. The summed E-state index contributed by atoms with van der Waals surface area (Å²) in [6.07, 6.45) is -9.62. The predicted octanol–water partition coefficient (Wildman–Crippen LogP) is -1.60. The summed E-state index contributed by atoms with van der Waals surface area (Å²) in [7, 11) is 1.38. The second-order valence-corrected chi connectivity index (χ2v) is 9.58. The van der Waals surface area contributed by atoms with Crippen molar-refractivity contribution in [2.45, 2.75) is 61.9 Å². The Morgan fingerprint density at radius 3 is 2.50 bits per heavy atom. The van der Waals surface area contributed by atoms with E-state index >= 15 is 0 Å². The minimum absolute atomic E-state index is 0.0313. The number of para-hydroxylation sites is 1. The summed E-state index contributed by atoms with van der Waals surface area (Å²) in [5, 5.41) is 42.6. The summed E-state index contributed by atoms with van der Waals surface area (Å²) in [5.41, 5.74) is -0.0389. The van der Waals surface area contributed by atoms with Crippen LogP contribution in [0.1, 0.15) is 11.9 Å². The average molecular weight is 562 g/mol. The van der Waals surface area contributed by atoms with E-state index in [0.717, 1.165) is 27.7 Å². The van der Waals surface area contributed by atoms with Crippen LogP contribution in [0.3, 0.4) is 0 Å². The topological polar surface area (TPSA) is 195 Å². The van der Waals surface area contributed by atoms with Crippen LogP contribution >= 0.6 is 0 Å². The molecule has 1 aromatic carbocycles. The highest BCUT2D eigenvalue weighted by Gasteiger charge is 2.49. The van der Waals surface area contributed by atoms with E-state index in [1.807, 2.05) is 36.4 Å². The summed E-state index contributed by atoms with van der Waals surface area (Å²) >= 11 is 0. The summed E-state index contributed by atoms with van der Waals surface area (Å²) in [6.45, 7) is -0.821. The van der Waals surface area contributed by atoms with Gasteiger partial charge >= 0.3 is 5.69 Å². The fourth-order valence-corrected chi connectivity index (χ4v) is 4.90. The normalized spacial score (nSPS) is 32.5. The number of rotatable bonds is 9. The summed E-state index contributed by atoms with van der Waals surface area (Å²) in [6, 6.07) is 12.4. The number of aromatic nitrogens is 3. The molecule has 0 bridgehead atoms. The lowest BCUT2D eigenvalue weighted by atomic mass is 9.98. The Labute approximate surface area is 227 Å². The zero-order valence-corrected chi connectivity index (χ0v) is 21.5. The molecule has 14 nitrogen and oxygen atoms in total. The first-order valence-corrected chi connectivity index (χ1v) is 12.7. The number of methoxy groups -OCH3 is 1. The van der Waals surface area contributed by atoms with Crippen LogP contribution < -0.4 is 11.2 Å². The van der Waals surface area contributed by atoms with Gasteiger partial charge in [-0.3, -0.25) is 19.3 Å². The maximum Gasteiger partial charge on any atom is 0.330 e. The maximum atomic E-state index is 12.1. The van der Waals surface area contributed by atoms with Gasteiger partial charge in [0.2, 0.25) is 0 Å². The van der Waals surface area contributed by atoms with E-state index in [-0.39, 0.29) is 13.2 Å². The van der Waals surface area contributed by atoms with Crippen molar-refractivity contribution >= 4 is 10.9 Å². The molecule has 0 aliphatic carbocycles. The van der Waals surface area contributed by atoms with Crippen LogP contribution in [0, 0.1) is 0 Å². The predicted molar refractivity (Wildman–Crippen MR) is 136 cm³/mol. The molecule has 0 spiro atoms. The molecule has 0 saturated carbocycles. The number of aliphatic hydroxyl groups excluding tert-OH is 4. The van der Waals surface area contributed by atoms with Crippen molar-refractivity contribution in [3.8, 4) is 0 Å². The highest BCUT2D eigenvalue weighted by molar-refractivity contribution is 5.78. The molecule has 2 aromatic heterocycles. The van der Waals surface area contributed by atoms with Gasteiger partial charge in [0.1, 0.15) is 42.7 Å². The van der Waals surface area contributed by atoms with Gasteiger partial charge in [-0.15, -0.1) is 0 Å². The molecular weight excluding hydrogens is 530 g/mol. The number of ether oxygens (including phenoxy) is 5. The van der Waals surface area contributed by atoms with Crippen molar-refractivity contribution in [1.82, 2.24) is 14.5 Å². The number of aromatic amines is 1. The number of pyridine rings is 1. The molecule has 5 rings (SSSR count). The highest BCUT2D eigenvalue weighted by atomic mass is 16.7. The average Bonchev–Trinajstić information content (AvgIpc) is 3.23. The zero-order valence-electron chi connectivity index (χ0n) is 21.5. The molecule has 9 unspecified atom stereocenters. The molecule has 5 N–H and O–H groups in total. The van der Waals surface area contributed by atoms with Crippen molar-refractivity contribution in [3.05, 3.63) is 75.2 Å². The minimum Gasteiger partial charge on any atom is -0.394 e. The Kier molecular flexibility index (Phi) is 8.70. The van der Waals surface area contributed by atoms with Crippen molar-refractivity contribution in [2.24, 2.45) is 0 Å². The van der Waals surface area contributed by atoms with Gasteiger partial charge in [0, 0.05) is 24.8 Å². The Morgan fingerprint density at radius 2 is 1.75 bits per heavy atom. The van der Waals surface area contributed by atoms with Crippen molar-refractivity contribution in [3.63, 3.8) is 0 Å². The van der Waals surface area contributed by atoms with Crippen molar-refractivity contribution < 1.29 is 44.1 Å². The molecule has 216 valence electrons. The molecule has 9 atom stereocenters. The van der Waals surface area contributed by atoms with Gasteiger partial charge in [0.15, 0.2) is 12.5 Å². The number of nitrogens with zero attached hydrogens (tertiary/aromatic N) is 2. The van der Waals surface area contributed by atoms with Crippen LogP contribution in [0.4, 0.5) is 0 Å². The lowest BCUT2D eigenvalue weighted by Gasteiger charge is -2.43. The first-order valence-electron chi connectivity index (χ1n) is 12.7. The number of hydrogen-bond donors (Lipinski definition) is 5. The number of hydrogen-bond acceptors (Lipinski definition) is 12. The minimum atomic E-state index is -1.50. The number of benzene rings is 1. The van der Waals surface area contributed by atoms with Crippen molar-refractivity contribution in [1.29, 1.82) is 0 Å². The van der Waals surface area contributed by atoms with Crippen LogP contribution in [0.2, 0.25) is 0 Å². The van der Waals surface area contributed by atoms with Gasteiger partial charge < -0.3 is 44.1 Å². The van der Waals surface area contributed by atoms with Crippen molar-refractivity contribution in [2.75, 3.05) is 20.3 Å². The number of fused-ring (bicyclic) bond motifs is 1. The van der Waals surface area contributed by atoms with E-state index in [1.165, 1.54) is 7.11 Å². The van der Waals surface area contributed by atoms with Crippen LogP contribution in [0.25, 0.3) is 10.9 Å². The van der Waals surface area contributed by atoms with E-state index in [1.54, 1.807) is 0 Å². The van der Waals surface area contributed by atoms with Crippen LogP contribution in [0.15, 0.2) is 58.3 Å². The fourth-order valence-electron chi connectivity index (χ4n) is 4.90. The number of aliphatic hydroxyl groups is 4. The molecule has 4 heterocycles. The summed E-state index contributed by atoms with van der Waals surface area (Å²) in [4.78, 5) is 30.1. The maximum absolute atomic E-state index is 12.1. The molecular formula is C26H31N3O11. The number of nitrogens with one attached hydrogen (secondary N) is 1. The third-order valence-electron chi connectivity index (χ3n) is 7.04. The van der Waals surface area contributed by atoms with E-state index in [2.05, 4.69) is 9.97 Å². The summed E-state index contributed by atoms with van der Waals surface area (Å²) in [5.74, 6) is 0. The van der Waals surface area contributed by atoms with E-state index in [4.69, 9.17) is 23.7 Å². The second-order valence-electron chi connectivity index (χ2n) is 9.58. The quantitative estimate of drug-likeness (QED) is 0.201. The van der Waals surface area contributed by atoms with E-state index in [0.29, 0.717) is 5.69 Å². The molecule has 3 aromatic rings. The highest BCUT2D eigenvalue weighted by Crippen LogP contribution is 2.31. The van der Waals surface area contributed by atoms with Gasteiger partial charge in [-0.05, 0) is 12.1 Å². The summed E-state index contributed by atoms with van der Waals surface area (Å²) < 4.78 is 29.7. The lowest BCUT2D eigenvalue weighted by Crippen LogP contribution is -2.61. The monoisotopic (exact) mass is 561 g/mol. The molecule has 0 amide bonds. The number of H-pyrrole nitrogens is 1. The molecule has 0 radical (unpaired) electrons. The largest absolute Gasteiger partial charge is 0.394 e. The Balaban J connectivity index is 1.27. The van der Waals surface area contributed by atoms with Gasteiger partial charge in [-0.1, -0.05) is 24.3 Å². The van der Waals surface area contributed by atoms with Gasteiger partial charge in [0.25, 0.3) is 5.56 Å². The van der Waals surface area contributed by atoms with E-state index in [9.17, 15) is 30.0 Å². The van der Waals surface area contributed by atoms with Crippen LogP contribution in [-0.4, -0.2) is 104 Å². The smallest absolute Gasteiger partial charge is 0.330 e.